The molecule has 2 saturated heterocycles. The van der Waals surface area contributed by atoms with Gasteiger partial charge >= 0.3 is 0 Å². The number of morpholine rings is 1. The molecule has 0 radical (unpaired) electrons. The summed E-state index contributed by atoms with van der Waals surface area (Å²) < 4.78 is 20.7. The van der Waals surface area contributed by atoms with E-state index >= 15 is 0 Å². The molecule has 1 amide bonds. The van der Waals surface area contributed by atoms with Crippen LogP contribution in [0.2, 0.25) is 0 Å². The number of amides is 1. The molecule has 2 atom stereocenters. The molecule has 0 bridgehead atoms. The first-order chi connectivity index (χ1) is 10.6. The van der Waals surface area contributed by atoms with Gasteiger partial charge in [0, 0.05) is 12.1 Å². The average Bonchev–Trinajstić information content (AvgIpc) is 2.58. The number of ether oxygens (including phenoxy) is 1. The number of nitrogens with zero attached hydrogens (tertiary/aromatic N) is 1. The zero-order valence-electron chi connectivity index (χ0n) is 12.9. The maximum atomic E-state index is 14.8. The lowest BCUT2D eigenvalue weighted by molar-refractivity contribution is -0.188. The minimum atomic E-state index is -1.40. The lowest BCUT2D eigenvalue weighted by atomic mass is 9.80. The molecule has 1 N–H and O–H groups in total. The fourth-order valence-electron chi connectivity index (χ4n) is 3.48. The first-order valence-corrected chi connectivity index (χ1v) is 7.97. The van der Waals surface area contributed by atoms with Crippen molar-refractivity contribution in [2.24, 2.45) is 5.92 Å². The van der Waals surface area contributed by atoms with Crippen LogP contribution in [0.15, 0.2) is 30.3 Å². The van der Waals surface area contributed by atoms with Crippen molar-refractivity contribution >= 4 is 5.91 Å². The normalized spacial score (nSPS) is 28.6. The summed E-state index contributed by atoms with van der Waals surface area (Å²) in [5.74, 6) is -0.0750. The van der Waals surface area contributed by atoms with Crippen LogP contribution in [0.1, 0.15) is 31.6 Å². The second-order valence-electron chi connectivity index (χ2n) is 6.22. The number of alkyl halides is 1. The fourth-order valence-corrected chi connectivity index (χ4v) is 3.48. The molecule has 0 aromatic heterocycles. The van der Waals surface area contributed by atoms with Crippen molar-refractivity contribution in [2.75, 3.05) is 26.2 Å². The Labute approximate surface area is 130 Å². The number of hydrogen-bond acceptors (Lipinski definition) is 3. The molecule has 22 heavy (non-hydrogen) atoms. The van der Waals surface area contributed by atoms with Crippen molar-refractivity contribution in [1.82, 2.24) is 10.2 Å². The van der Waals surface area contributed by atoms with E-state index in [-0.39, 0.29) is 11.8 Å². The fraction of sp³-hybridized carbons (Fsp3) is 0.588. The Bertz CT molecular complexity index is 519. The monoisotopic (exact) mass is 306 g/mol. The first-order valence-electron chi connectivity index (χ1n) is 7.97. The van der Waals surface area contributed by atoms with E-state index in [0.29, 0.717) is 18.7 Å². The zero-order valence-corrected chi connectivity index (χ0v) is 12.9. The molecule has 2 aliphatic heterocycles. The molecule has 0 aliphatic carbocycles. The van der Waals surface area contributed by atoms with Crippen molar-refractivity contribution in [3.05, 3.63) is 35.9 Å². The molecule has 5 heteroatoms. The van der Waals surface area contributed by atoms with Crippen LogP contribution in [0.3, 0.4) is 0 Å². The van der Waals surface area contributed by atoms with Crippen molar-refractivity contribution in [1.29, 1.82) is 0 Å². The van der Waals surface area contributed by atoms with E-state index in [4.69, 9.17) is 4.74 Å². The van der Waals surface area contributed by atoms with E-state index < -0.39 is 11.9 Å². The standard InChI is InChI=1S/C17H23FN2O2/c1-17(14-7-9-19-10-8-14)16(21)20(11-12-22-17)15(18)13-5-3-2-4-6-13/h2-6,14-15,19H,7-12H2,1H3. The number of benzene rings is 1. The van der Waals surface area contributed by atoms with E-state index in [1.807, 2.05) is 13.0 Å². The van der Waals surface area contributed by atoms with Crippen LogP contribution in [-0.2, 0) is 9.53 Å². The van der Waals surface area contributed by atoms with E-state index in [2.05, 4.69) is 5.32 Å². The predicted molar refractivity (Wildman–Crippen MR) is 82.0 cm³/mol. The zero-order chi connectivity index (χ0) is 15.6. The summed E-state index contributed by atoms with van der Waals surface area (Å²) in [5, 5.41) is 3.29. The van der Waals surface area contributed by atoms with Crippen LogP contribution < -0.4 is 5.32 Å². The number of rotatable bonds is 3. The smallest absolute Gasteiger partial charge is 0.257 e. The summed E-state index contributed by atoms with van der Waals surface area (Å²) in [5.41, 5.74) is -0.384. The lowest BCUT2D eigenvalue weighted by Gasteiger charge is -2.45. The topological polar surface area (TPSA) is 41.6 Å². The Morgan fingerprint density at radius 3 is 2.68 bits per heavy atom. The van der Waals surface area contributed by atoms with Gasteiger partial charge in [-0.3, -0.25) is 4.79 Å². The first kappa shape index (κ1) is 15.4. The van der Waals surface area contributed by atoms with Crippen LogP contribution in [-0.4, -0.2) is 42.6 Å². The summed E-state index contributed by atoms with van der Waals surface area (Å²) in [4.78, 5) is 14.2. The Morgan fingerprint density at radius 1 is 1.32 bits per heavy atom. The van der Waals surface area contributed by atoms with Crippen LogP contribution in [0.5, 0.6) is 0 Å². The van der Waals surface area contributed by atoms with Crippen LogP contribution in [0.4, 0.5) is 4.39 Å². The molecule has 120 valence electrons. The number of piperidine rings is 1. The summed E-state index contributed by atoms with van der Waals surface area (Å²) in [7, 11) is 0. The predicted octanol–water partition coefficient (Wildman–Crippen LogP) is 2.27. The van der Waals surface area contributed by atoms with Gasteiger partial charge in [-0.25, -0.2) is 4.39 Å². The largest absolute Gasteiger partial charge is 0.363 e. The van der Waals surface area contributed by atoms with E-state index in [1.54, 1.807) is 24.3 Å². The van der Waals surface area contributed by atoms with Crippen molar-refractivity contribution < 1.29 is 13.9 Å². The molecule has 0 spiro atoms. The van der Waals surface area contributed by atoms with Gasteiger partial charge in [0.05, 0.1) is 6.61 Å². The second kappa shape index (κ2) is 6.34. The summed E-state index contributed by atoms with van der Waals surface area (Å²) >= 11 is 0. The van der Waals surface area contributed by atoms with Gasteiger partial charge in [-0.15, -0.1) is 0 Å². The van der Waals surface area contributed by atoms with Crippen LogP contribution in [0, 0.1) is 5.92 Å². The molecular formula is C17H23FN2O2. The molecule has 4 nitrogen and oxygen atoms in total. The second-order valence-corrected chi connectivity index (χ2v) is 6.22. The Kier molecular flexibility index (Phi) is 4.45. The molecule has 2 unspecified atom stereocenters. The molecule has 2 heterocycles. The SMILES string of the molecule is CC1(C2CCNCC2)OCCN(C(F)c2ccccc2)C1=O. The molecule has 3 rings (SSSR count). The van der Waals surface area contributed by atoms with Crippen molar-refractivity contribution in [3.8, 4) is 0 Å². The van der Waals surface area contributed by atoms with Crippen molar-refractivity contribution in [2.45, 2.75) is 31.7 Å². The maximum absolute atomic E-state index is 14.8. The van der Waals surface area contributed by atoms with Gasteiger partial charge in [0.25, 0.3) is 5.91 Å². The Morgan fingerprint density at radius 2 is 2.00 bits per heavy atom. The van der Waals surface area contributed by atoms with Gasteiger partial charge in [0.1, 0.15) is 5.60 Å². The minimum absolute atomic E-state index is 0.145. The van der Waals surface area contributed by atoms with E-state index in [1.165, 1.54) is 4.90 Å². The Hall–Kier alpha value is -1.46. The molecule has 1 aromatic rings. The van der Waals surface area contributed by atoms with E-state index in [0.717, 1.165) is 25.9 Å². The maximum Gasteiger partial charge on any atom is 0.257 e. The lowest BCUT2D eigenvalue weighted by Crippen LogP contribution is -2.60. The van der Waals surface area contributed by atoms with Gasteiger partial charge in [0.15, 0.2) is 0 Å². The number of halogens is 1. The molecule has 2 fully saturated rings. The highest BCUT2D eigenvalue weighted by atomic mass is 19.1. The van der Waals surface area contributed by atoms with Crippen molar-refractivity contribution in [3.63, 3.8) is 0 Å². The molecule has 2 aliphatic rings. The quantitative estimate of drug-likeness (QED) is 0.871. The van der Waals surface area contributed by atoms with Gasteiger partial charge in [0.2, 0.25) is 6.30 Å². The highest BCUT2D eigenvalue weighted by molar-refractivity contribution is 5.86. The highest BCUT2D eigenvalue weighted by Crippen LogP contribution is 2.36. The average molecular weight is 306 g/mol. The summed E-state index contributed by atoms with van der Waals surface area (Å²) in [6, 6.07) is 8.86. The number of hydrogen-bond donors (Lipinski definition) is 1. The number of carbonyl (C=O) groups is 1. The molecule has 0 saturated carbocycles. The van der Waals surface area contributed by atoms with Crippen LogP contribution in [0.25, 0.3) is 0 Å². The van der Waals surface area contributed by atoms with Gasteiger partial charge in [-0.1, -0.05) is 30.3 Å². The van der Waals surface area contributed by atoms with Gasteiger partial charge < -0.3 is 15.0 Å². The third kappa shape index (κ3) is 2.75. The van der Waals surface area contributed by atoms with Gasteiger partial charge in [-0.05, 0) is 38.8 Å². The minimum Gasteiger partial charge on any atom is -0.363 e. The third-order valence-electron chi connectivity index (χ3n) is 4.89. The Balaban J connectivity index is 1.80. The van der Waals surface area contributed by atoms with Crippen LogP contribution >= 0.6 is 0 Å². The summed E-state index contributed by atoms with van der Waals surface area (Å²) in [6.07, 6.45) is 0.371. The molecular weight excluding hydrogens is 283 g/mol. The highest BCUT2D eigenvalue weighted by Gasteiger charge is 2.49. The van der Waals surface area contributed by atoms with Gasteiger partial charge in [-0.2, -0.15) is 0 Å². The third-order valence-corrected chi connectivity index (χ3v) is 4.89. The number of nitrogens with one attached hydrogen (secondary N) is 1. The molecule has 1 aromatic carbocycles. The number of carbonyl (C=O) groups excluding carboxylic acids is 1. The van der Waals surface area contributed by atoms with E-state index in [9.17, 15) is 9.18 Å². The summed E-state index contributed by atoms with van der Waals surface area (Å²) in [6.45, 7) is 4.29.